The molecule has 0 bridgehead atoms. The molecule has 0 amide bonds. The van der Waals surface area contributed by atoms with E-state index in [1.54, 1.807) is 24.3 Å². The minimum Gasteiger partial charge on any atom is -0.494 e. The molecule has 7 heteroatoms. The molecule has 0 aliphatic carbocycles. The van der Waals surface area contributed by atoms with E-state index in [1.165, 1.54) is 13.3 Å². The van der Waals surface area contributed by atoms with Crippen molar-refractivity contribution >= 4 is 16.7 Å². The van der Waals surface area contributed by atoms with Gasteiger partial charge in [0.1, 0.15) is 17.7 Å². The Bertz CT molecular complexity index is 674. The zero-order valence-electron chi connectivity index (χ0n) is 9.34. The predicted octanol–water partition coefficient (Wildman–Crippen LogP) is 1.57. The van der Waals surface area contributed by atoms with Crippen molar-refractivity contribution in [1.29, 1.82) is 10.5 Å². The molecule has 2 rings (SSSR count). The molecule has 0 atom stereocenters. The van der Waals surface area contributed by atoms with Crippen LogP contribution in [0.3, 0.4) is 0 Å². The van der Waals surface area contributed by atoms with Crippen molar-refractivity contribution in [2.24, 2.45) is 0 Å². The molecule has 1 aromatic carbocycles. The number of nitrogens with zero attached hydrogens (tertiary/aromatic N) is 4. The zero-order valence-corrected chi connectivity index (χ0v) is 9.34. The van der Waals surface area contributed by atoms with E-state index in [1.807, 2.05) is 0 Å². The zero-order chi connectivity index (χ0) is 13.0. The first-order valence-corrected chi connectivity index (χ1v) is 4.86. The fourth-order valence-electron chi connectivity index (χ4n) is 1.36. The molecule has 0 fully saturated rings. The molecule has 7 nitrogen and oxygen atoms in total. The van der Waals surface area contributed by atoms with E-state index in [0.717, 1.165) is 0 Å². The average molecular weight is 241 g/mol. The average Bonchev–Trinajstić information content (AvgIpc) is 2.89. The molecule has 1 heterocycles. The van der Waals surface area contributed by atoms with Crippen LogP contribution in [0.2, 0.25) is 0 Å². The Kier molecular flexibility index (Phi) is 3.08. The molecule has 1 aromatic heterocycles. The number of allylic oxidation sites excluding steroid dienone is 1. The van der Waals surface area contributed by atoms with Crippen LogP contribution in [0.25, 0.3) is 11.0 Å². The fraction of sp³-hybridized carbons (Fsp3) is 0.0909. The van der Waals surface area contributed by atoms with Crippen LogP contribution in [-0.4, -0.2) is 17.4 Å². The lowest BCUT2D eigenvalue weighted by Gasteiger charge is -2.03. The molecule has 0 spiro atoms. The number of hydrogen-bond donors (Lipinski definition) is 1. The number of fused-ring (bicyclic) bond motifs is 1. The minimum atomic E-state index is -0.0459. The predicted molar refractivity (Wildman–Crippen MR) is 61.3 cm³/mol. The number of rotatable bonds is 3. The molecule has 0 unspecified atom stereocenters. The molecule has 0 aliphatic heterocycles. The van der Waals surface area contributed by atoms with Gasteiger partial charge in [0.15, 0.2) is 16.8 Å². The number of methoxy groups -OCH3 is 1. The largest absolute Gasteiger partial charge is 0.494 e. The summed E-state index contributed by atoms with van der Waals surface area (Å²) in [6, 6.07) is 6.85. The van der Waals surface area contributed by atoms with E-state index in [0.29, 0.717) is 22.5 Å². The van der Waals surface area contributed by atoms with Crippen LogP contribution < -0.4 is 10.1 Å². The van der Waals surface area contributed by atoms with Gasteiger partial charge in [-0.05, 0) is 22.4 Å². The van der Waals surface area contributed by atoms with Crippen LogP contribution in [0.5, 0.6) is 5.75 Å². The lowest BCUT2D eigenvalue weighted by atomic mass is 10.2. The van der Waals surface area contributed by atoms with Crippen LogP contribution in [0.1, 0.15) is 0 Å². The van der Waals surface area contributed by atoms with E-state index < -0.39 is 0 Å². The van der Waals surface area contributed by atoms with E-state index in [4.69, 9.17) is 15.3 Å². The second-order valence-electron chi connectivity index (χ2n) is 3.20. The van der Waals surface area contributed by atoms with Crippen molar-refractivity contribution in [3.05, 3.63) is 23.9 Å². The van der Waals surface area contributed by atoms with Gasteiger partial charge in [-0.2, -0.15) is 10.5 Å². The number of ether oxygens (including phenoxy) is 1. The van der Waals surface area contributed by atoms with Gasteiger partial charge in [-0.15, -0.1) is 0 Å². The first-order chi connectivity index (χ1) is 8.80. The van der Waals surface area contributed by atoms with Crippen LogP contribution in [-0.2, 0) is 0 Å². The van der Waals surface area contributed by atoms with Crippen molar-refractivity contribution in [2.45, 2.75) is 0 Å². The highest BCUT2D eigenvalue weighted by Gasteiger charge is 2.11. The van der Waals surface area contributed by atoms with E-state index >= 15 is 0 Å². The summed E-state index contributed by atoms with van der Waals surface area (Å²) in [5.41, 5.74) is 1.44. The maximum atomic E-state index is 8.61. The Labute approximate surface area is 102 Å². The van der Waals surface area contributed by atoms with Crippen molar-refractivity contribution in [3.63, 3.8) is 0 Å². The highest BCUT2D eigenvalue weighted by molar-refractivity contribution is 5.91. The Morgan fingerprint density at radius 3 is 2.72 bits per heavy atom. The lowest BCUT2D eigenvalue weighted by Crippen LogP contribution is -1.93. The quantitative estimate of drug-likeness (QED) is 0.812. The SMILES string of the molecule is COc1ccc(NC=C(C#N)C#N)c2nonc12. The third-order valence-electron chi connectivity index (χ3n) is 2.21. The van der Waals surface area contributed by atoms with Crippen LogP contribution in [0.15, 0.2) is 28.5 Å². The smallest absolute Gasteiger partial charge is 0.179 e. The molecule has 0 saturated carbocycles. The number of nitrogens with one attached hydrogen (secondary N) is 1. The maximum absolute atomic E-state index is 8.61. The van der Waals surface area contributed by atoms with Gasteiger partial charge in [-0.3, -0.25) is 0 Å². The van der Waals surface area contributed by atoms with Gasteiger partial charge in [0.25, 0.3) is 0 Å². The molecule has 2 aromatic rings. The summed E-state index contributed by atoms with van der Waals surface area (Å²) in [6.45, 7) is 0. The number of nitriles is 2. The topological polar surface area (TPSA) is 108 Å². The number of hydrogen-bond acceptors (Lipinski definition) is 7. The molecular weight excluding hydrogens is 234 g/mol. The molecule has 1 N–H and O–H groups in total. The van der Waals surface area contributed by atoms with Crippen LogP contribution in [0, 0.1) is 22.7 Å². The summed E-state index contributed by atoms with van der Waals surface area (Å²) in [7, 11) is 1.51. The number of benzene rings is 1. The second kappa shape index (κ2) is 4.85. The highest BCUT2D eigenvalue weighted by Crippen LogP contribution is 2.28. The Morgan fingerprint density at radius 1 is 1.33 bits per heavy atom. The van der Waals surface area contributed by atoms with Gasteiger partial charge >= 0.3 is 0 Å². The molecular formula is C11H7N5O2. The molecule has 0 radical (unpaired) electrons. The van der Waals surface area contributed by atoms with Crippen molar-refractivity contribution < 1.29 is 9.37 Å². The van der Waals surface area contributed by atoms with Gasteiger partial charge in [-0.25, -0.2) is 4.63 Å². The number of anilines is 1. The van der Waals surface area contributed by atoms with E-state index in [9.17, 15) is 0 Å². The summed E-state index contributed by atoms with van der Waals surface area (Å²) in [5.74, 6) is 0.529. The fourth-order valence-corrected chi connectivity index (χ4v) is 1.36. The minimum absolute atomic E-state index is 0.0459. The third-order valence-corrected chi connectivity index (χ3v) is 2.21. The highest BCUT2D eigenvalue weighted by atomic mass is 16.6. The second-order valence-corrected chi connectivity index (χ2v) is 3.20. The van der Waals surface area contributed by atoms with E-state index in [-0.39, 0.29) is 5.57 Å². The summed E-state index contributed by atoms with van der Waals surface area (Å²) in [5, 5.41) is 27.5. The Hall–Kier alpha value is -3.06. The maximum Gasteiger partial charge on any atom is 0.179 e. The van der Waals surface area contributed by atoms with E-state index in [2.05, 4.69) is 20.3 Å². The Morgan fingerprint density at radius 2 is 2.06 bits per heavy atom. The lowest BCUT2D eigenvalue weighted by molar-refractivity contribution is 0.314. The molecule has 88 valence electrons. The molecule has 0 saturated heterocycles. The normalized spacial score (nSPS) is 9.28. The summed E-state index contributed by atoms with van der Waals surface area (Å²) in [4.78, 5) is 0. The van der Waals surface area contributed by atoms with Gasteiger partial charge in [-0.1, -0.05) is 0 Å². The standard InChI is InChI=1S/C11H7N5O2/c1-17-9-3-2-8(10-11(9)16-18-15-10)14-6-7(4-12)5-13/h2-3,6,14H,1H3. The summed E-state index contributed by atoms with van der Waals surface area (Å²) >= 11 is 0. The van der Waals surface area contributed by atoms with Crippen molar-refractivity contribution in [1.82, 2.24) is 10.3 Å². The van der Waals surface area contributed by atoms with Gasteiger partial charge in [0, 0.05) is 6.20 Å². The number of aromatic nitrogens is 2. The van der Waals surface area contributed by atoms with Gasteiger partial charge in [0.05, 0.1) is 12.8 Å². The summed E-state index contributed by atoms with van der Waals surface area (Å²) in [6.07, 6.45) is 1.29. The first kappa shape index (κ1) is 11.4. The van der Waals surface area contributed by atoms with Crippen molar-refractivity contribution in [3.8, 4) is 17.9 Å². The molecule has 18 heavy (non-hydrogen) atoms. The molecule has 0 aliphatic rings. The van der Waals surface area contributed by atoms with Gasteiger partial charge < -0.3 is 10.1 Å². The monoisotopic (exact) mass is 241 g/mol. The van der Waals surface area contributed by atoms with Crippen LogP contribution in [0.4, 0.5) is 5.69 Å². The van der Waals surface area contributed by atoms with Gasteiger partial charge in [0.2, 0.25) is 0 Å². The first-order valence-electron chi connectivity index (χ1n) is 4.86. The van der Waals surface area contributed by atoms with Crippen molar-refractivity contribution in [2.75, 3.05) is 12.4 Å². The summed E-state index contributed by atoms with van der Waals surface area (Å²) < 4.78 is 9.74. The third kappa shape index (κ3) is 1.93. The Balaban J connectivity index is 2.42. The van der Waals surface area contributed by atoms with Crippen LogP contribution >= 0.6 is 0 Å².